The molecule has 25 heavy (non-hydrogen) atoms. The fraction of sp³-hybridized carbons (Fsp3) is 0.500. The lowest BCUT2D eigenvalue weighted by Crippen LogP contribution is -2.32. The first-order chi connectivity index (χ1) is 12.3. The number of hydrogen-bond acceptors (Lipinski definition) is 4. The lowest BCUT2D eigenvalue weighted by Gasteiger charge is -2.30. The van der Waals surface area contributed by atoms with Crippen LogP contribution in [0.1, 0.15) is 24.3 Å². The van der Waals surface area contributed by atoms with Gasteiger partial charge in [0.1, 0.15) is 0 Å². The fourth-order valence-electron chi connectivity index (χ4n) is 3.64. The molecule has 2 saturated heterocycles. The Labute approximate surface area is 153 Å². The number of hydrogen-bond donors (Lipinski definition) is 0. The van der Waals surface area contributed by atoms with Crippen LogP contribution in [-0.2, 0) is 14.2 Å². The van der Waals surface area contributed by atoms with E-state index in [1.807, 2.05) is 12.1 Å². The first kappa shape index (κ1) is 17.3. The normalized spacial score (nSPS) is 24.8. The van der Waals surface area contributed by atoms with E-state index >= 15 is 0 Å². The second-order valence-electron chi connectivity index (χ2n) is 6.77. The standard InChI is InChI=1S/C20H24ClNO3/c21-19-8-7-16(17-4-1-2-5-18(17)19)15-12-24-20(25-13-15)6-3-9-22-10-11-23-14-22/h1-2,4-5,7-8,15,20H,3,6,9-14H2. The van der Waals surface area contributed by atoms with Crippen LogP contribution in [0.25, 0.3) is 10.8 Å². The van der Waals surface area contributed by atoms with E-state index < -0.39 is 0 Å². The third kappa shape index (κ3) is 3.99. The van der Waals surface area contributed by atoms with Crippen molar-refractivity contribution in [3.8, 4) is 0 Å². The van der Waals surface area contributed by atoms with Gasteiger partial charge in [0.25, 0.3) is 0 Å². The van der Waals surface area contributed by atoms with Gasteiger partial charge in [-0.1, -0.05) is 41.9 Å². The first-order valence-corrected chi connectivity index (χ1v) is 9.39. The SMILES string of the molecule is Clc1ccc(C2COC(CCCN3CCOC3)OC2)c2ccccc12. The van der Waals surface area contributed by atoms with Gasteiger partial charge >= 0.3 is 0 Å². The van der Waals surface area contributed by atoms with E-state index in [4.69, 9.17) is 25.8 Å². The van der Waals surface area contributed by atoms with Gasteiger partial charge in [0, 0.05) is 29.4 Å². The van der Waals surface area contributed by atoms with Crippen LogP contribution < -0.4 is 0 Å². The van der Waals surface area contributed by atoms with Crippen LogP contribution in [0.3, 0.4) is 0 Å². The molecule has 2 aliphatic heterocycles. The van der Waals surface area contributed by atoms with Crippen LogP contribution in [0.2, 0.25) is 5.02 Å². The predicted octanol–water partition coefficient (Wildman–Crippen LogP) is 4.02. The second-order valence-corrected chi connectivity index (χ2v) is 7.18. The van der Waals surface area contributed by atoms with Crippen molar-refractivity contribution in [1.29, 1.82) is 0 Å². The average molecular weight is 362 g/mol. The molecule has 4 nitrogen and oxygen atoms in total. The van der Waals surface area contributed by atoms with Crippen LogP contribution in [0, 0.1) is 0 Å². The molecule has 0 radical (unpaired) electrons. The van der Waals surface area contributed by atoms with Gasteiger partial charge in [-0.2, -0.15) is 0 Å². The van der Waals surface area contributed by atoms with Gasteiger partial charge in [-0.15, -0.1) is 0 Å². The quantitative estimate of drug-likeness (QED) is 0.804. The molecule has 0 amide bonds. The summed E-state index contributed by atoms with van der Waals surface area (Å²) < 4.78 is 17.3. The van der Waals surface area contributed by atoms with Gasteiger partial charge in [0.05, 0.1) is 26.6 Å². The van der Waals surface area contributed by atoms with Crippen LogP contribution >= 0.6 is 11.6 Å². The van der Waals surface area contributed by atoms with Crippen molar-refractivity contribution in [3.05, 3.63) is 47.0 Å². The molecule has 2 aromatic rings. The molecule has 2 fully saturated rings. The Balaban J connectivity index is 1.33. The Bertz CT molecular complexity index is 709. The van der Waals surface area contributed by atoms with Crippen molar-refractivity contribution in [2.75, 3.05) is 39.6 Å². The number of fused-ring (bicyclic) bond motifs is 1. The molecule has 0 aromatic heterocycles. The summed E-state index contributed by atoms with van der Waals surface area (Å²) in [7, 11) is 0. The number of ether oxygens (including phenoxy) is 3. The molecule has 0 bridgehead atoms. The largest absolute Gasteiger partial charge is 0.365 e. The molecule has 2 aromatic carbocycles. The average Bonchev–Trinajstić information content (AvgIpc) is 3.17. The third-order valence-electron chi connectivity index (χ3n) is 5.05. The van der Waals surface area contributed by atoms with Gasteiger partial charge in [-0.25, -0.2) is 0 Å². The van der Waals surface area contributed by atoms with Gasteiger partial charge in [-0.3, -0.25) is 4.90 Å². The van der Waals surface area contributed by atoms with E-state index in [9.17, 15) is 0 Å². The topological polar surface area (TPSA) is 30.9 Å². The summed E-state index contributed by atoms with van der Waals surface area (Å²) in [5.41, 5.74) is 1.26. The van der Waals surface area contributed by atoms with Gasteiger partial charge in [0.15, 0.2) is 6.29 Å². The molecule has 2 aliphatic rings. The maximum Gasteiger partial charge on any atom is 0.157 e. The Kier molecular flexibility index (Phi) is 5.54. The highest BCUT2D eigenvalue weighted by molar-refractivity contribution is 6.35. The zero-order valence-corrected chi connectivity index (χ0v) is 15.1. The molecular weight excluding hydrogens is 338 g/mol. The highest BCUT2D eigenvalue weighted by Gasteiger charge is 2.25. The van der Waals surface area contributed by atoms with E-state index in [1.165, 1.54) is 10.9 Å². The molecule has 2 heterocycles. The molecule has 0 unspecified atom stereocenters. The van der Waals surface area contributed by atoms with Crippen molar-refractivity contribution in [2.45, 2.75) is 25.0 Å². The minimum Gasteiger partial charge on any atom is -0.365 e. The summed E-state index contributed by atoms with van der Waals surface area (Å²) in [5.74, 6) is 0.255. The summed E-state index contributed by atoms with van der Waals surface area (Å²) in [4.78, 5) is 2.32. The summed E-state index contributed by atoms with van der Waals surface area (Å²) >= 11 is 6.33. The number of rotatable bonds is 5. The van der Waals surface area contributed by atoms with Crippen LogP contribution in [0.15, 0.2) is 36.4 Å². The molecule has 4 rings (SSSR count). The first-order valence-electron chi connectivity index (χ1n) is 9.02. The molecule has 0 atom stereocenters. The van der Waals surface area contributed by atoms with E-state index in [0.29, 0.717) is 13.2 Å². The maximum absolute atomic E-state index is 6.33. The molecule has 0 N–H and O–H groups in total. The third-order valence-corrected chi connectivity index (χ3v) is 5.38. The summed E-state index contributed by atoms with van der Waals surface area (Å²) in [6.45, 7) is 5.10. The van der Waals surface area contributed by atoms with E-state index in [-0.39, 0.29) is 12.2 Å². The number of halogens is 1. The smallest absolute Gasteiger partial charge is 0.157 e. The minimum absolute atomic E-state index is 0.0849. The molecular formula is C20H24ClNO3. The van der Waals surface area contributed by atoms with Crippen molar-refractivity contribution in [1.82, 2.24) is 4.90 Å². The highest BCUT2D eigenvalue weighted by atomic mass is 35.5. The highest BCUT2D eigenvalue weighted by Crippen LogP contribution is 2.33. The zero-order chi connectivity index (χ0) is 17.1. The van der Waals surface area contributed by atoms with Crippen LogP contribution in [-0.4, -0.2) is 50.8 Å². The van der Waals surface area contributed by atoms with E-state index in [1.54, 1.807) is 0 Å². The zero-order valence-electron chi connectivity index (χ0n) is 14.3. The van der Waals surface area contributed by atoms with Gasteiger partial charge in [-0.05, 0) is 29.9 Å². The molecule has 134 valence electrons. The van der Waals surface area contributed by atoms with Crippen molar-refractivity contribution in [2.24, 2.45) is 0 Å². The summed E-state index contributed by atoms with van der Waals surface area (Å²) in [5, 5.41) is 3.08. The van der Waals surface area contributed by atoms with E-state index in [2.05, 4.69) is 29.2 Å². The Morgan fingerprint density at radius 1 is 1.04 bits per heavy atom. The lowest BCUT2D eigenvalue weighted by atomic mass is 9.94. The Morgan fingerprint density at radius 2 is 1.84 bits per heavy atom. The second kappa shape index (κ2) is 8.02. The minimum atomic E-state index is -0.0849. The molecule has 0 aliphatic carbocycles. The Hall–Kier alpha value is -1.17. The summed E-state index contributed by atoms with van der Waals surface area (Å²) in [6.07, 6.45) is 1.92. The number of benzene rings is 2. The van der Waals surface area contributed by atoms with E-state index in [0.717, 1.165) is 49.7 Å². The molecule has 5 heteroatoms. The maximum atomic E-state index is 6.33. The fourth-order valence-corrected chi connectivity index (χ4v) is 3.87. The van der Waals surface area contributed by atoms with Crippen LogP contribution in [0.4, 0.5) is 0 Å². The number of nitrogens with zero attached hydrogens (tertiary/aromatic N) is 1. The van der Waals surface area contributed by atoms with Crippen molar-refractivity contribution < 1.29 is 14.2 Å². The predicted molar refractivity (Wildman–Crippen MR) is 99.0 cm³/mol. The van der Waals surface area contributed by atoms with Gasteiger partial charge < -0.3 is 14.2 Å². The van der Waals surface area contributed by atoms with Crippen LogP contribution in [0.5, 0.6) is 0 Å². The molecule has 0 spiro atoms. The van der Waals surface area contributed by atoms with Crippen molar-refractivity contribution >= 4 is 22.4 Å². The monoisotopic (exact) mass is 361 g/mol. The molecule has 0 saturated carbocycles. The lowest BCUT2D eigenvalue weighted by molar-refractivity contribution is -0.190. The van der Waals surface area contributed by atoms with Crippen molar-refractivity contribution in [3.63, 3.8) is 0 Å². The van der Waals surface area contributed by atoms with Gasteiger partial charge in [0.2, 0.25) is 0 Å². The summed E-state index contributed by atoms with van der Waals surface area (Å²) in [6, 6.07) is 12.3. The Morgan fingerprint density at radius 3 is 2.60 bits per heavy atom.